The van der Waals surface area contributed by atoms with E-state index in [1.165, 1.54) is 11.6 Å². The van der Waals surface area contributed by atoms with Crippen LogP contribution >= 0.6 is 0 Å². The van der Waals surface area contributed by atoms with Gasteiger partial charge in [-0.1, -0.05) is 48.5 Å². The number of amides is 3. The largest absolute Gasteiger partial charge is 0.491 e. The van der Waals surface area contributed by atoms with Crippen LogP contribution in [-0.4, -0.2) is 47.5 Å². The number of ether oxygens (including phenoxy) is 3. The average molecular weight is 507 g/mol. The van der Waals surface area contributed by atoms with Gasteiger partial charge in [-0.15, -0.1) is 0 Å². The summed E-state index contributed by atoms with van der Waals surface area (Å²) in [5.41, 5.74) is 2.16. The summed E-state index contributed by atoms with van der Waals surface area (Å²) in [5, 5.41) is 20.2. The first-order valence-corrected chi connectivity index (χ1v) is 11.2. The highest BCUT2D eigenvalue weighted by atomic mass is 16.6. The van der Waals surface area contributed by atoms with Crippen LogP contribution in [0.3, 0.4) is 0 Å². The second kappa shape index (κ2) is 14.0. The molecular weight excluding hydrogens is 480 g/mol. The van der Waals surface area contributed by atoms with E-state index < -0.39 is 30.1 Å². The maximum absolute atomic E-state index is 12.8. The van der Waals surface area contributed by atoms with Crippen molar-refractivity contribution in [1.82, 2.24) is 10.8 Å². The fraction of sp³-hybridized carbons (Fsp3) is 0.148. The number of benzene rings is 3. The Kier molecular flexibility index (Phi) is 10.2. The molecule has 3 rings (SSSR count). The number of alkyl carbamates (subject to hydrolysis) is 1. The second-order valence-electron chi connectivity index (χ2n) is 7.52. The van der Waals surface area contributed by atoms with Gasteiger partial charge in [-0.3, -0.25) is 20.1 Å². The summed E-state index contributed by atoms with van der Waals surface area (Å²) in [7, 11) is 0. The summed E-state index contributed by atoms with van der Waals surface area (Å²) in [5.74, 6) is -0.704. The molecule has 0 radical (unpaired) electrons. The average Bonchev–Trinajstić information content (AvgIpc) is 2.94. The zero-order valence-electron chi connectivity index (χ0n) is 19.7. The number of nitrogens with one attached hydrogen (secondary N) is 2. The zero-order valence-corrected chi connectivity index (χ0v) is 19.7. The Bertz CT molecular complexity index is 1200. The highest BCUT2D eigenvalue weighted by molar-refractivity contribution is 6.02. The van der Waals surface area contributed by atoms with E-state index in [1.807, 2.05) is 0 Å². The molecule has 37 heavy (non-hydrogen) atoms. The van der Waals surface area contributed by atoms with Crippen molar-refractivity contribution in [1.29, 1.82) is 0 Å². The molecule has 0 spiro atoms. The maximum Gasteiger partial charge on any atom is 0.414 e. The number of imide groups is 1. The van der Waals surface area contributed by atoms with Crippen molar-refractivity contribution in [3.63, 3.8) is 0 Å². The van der Waals surface area contributed by atoms with Gasteiger partial charge in [-0.25, -0.2) is 10.3 Å². The van der Waals surface area contributed by atoms with E-state index in [4.69, 9.17) is 24.5 Å². The monoisotopic (exact) mass is 506 g/mol. The molecule has 0 aliphatic rings. The Labute approximate surface area is 213 Å². The van der Waals surface area contributed by atoms with E-state index in [1.54, 1.807) is 84.9 Å². The summed E-state index contributed by atoms with van der Waals surface area (Å²) >= 11 is 0. The number of carbonyl (C=O) groups excluding carboxylic acids is 3. The quantitative estimate of drug-likeness (QED) is 0.176. The fourth-order valence-electron chi connectivity index (χ4n) is 3.25. The summed E-state index contributed by atoms with van der Waals surface area (Å²) in [6.45, 7) is -0.158. The van der Waals surface area contributed by atoms with Crippen LogP contribution in [0.1, 0.15) is 22.0 Å². The standard InChI is InChI=1S/C27H26N2O8/c30-16-17-35-22-13-7-10-20(18-22)25(37-27(33)28-26(32)19-8-3-1-4-9-19)23(14-15-24(31)29-34)36-21-11-5-2-6-12-21/h1-15,18,23,25,30,34H,16-17H2,(H,29,31)(H,28,32,33)/b15-14+/t23-,25-/m0/s1. The van der Waals surface area contributed by atoms with Crippen LogP contribution in [-0.2, 0) is 9.53 Å². The summed E-state index contributed by atoms with van der Waals surface area (Å²) in [4.78, 5) is 37.0. The van der Waals surface area contributed by atoms with Crippen LogP contribution in [0.2, 0.25) is 0 Å². The smallest absolute Gasteiger partial charge is 0.414 e. The van der Waals surface area contributed by atoms with Crippen LogP contribution in [0.5, 0.6) is 11.5 Å². The van der Waals surface area contributed by atoms with Gasteiger partial charge in [-0.05, 0) is 42.5 Å². The minimum Gasteiger partial charge on any atom is -0.491 e. The number of aliphatic hydroxyl groups is 1. The Morgan fingerprint density at radius 1 is 0.892 bits per heavy atom. The van der Waals surface area contributed by atoms with E-state index in [0.717, 1.165) is 6.08 Å². The van der Waals surface area contributed by atoms with Gasteiger partial charge in [0.25, 0.3) is 11.8 Å². The predicted molar refractivity (Wildman–Crippen MR) is 132 cm³/mol. The van der Waals surface area contributed by atoms with E-state index in [9.17, 15) is 14.4 Å². The van der Waals surface area contributed by atoms with Gasteiger partial charge in [0.2, 0.25) is 0 Å². The van der Waals surface area contributed by atoms with Crippen LogP contribution in [0, 0.1) is 0 Å². The number of para-hydroxylation sites is 1. The van der Waals surface area contributed by atoms with Crippen LogP contribution < -0.4 is 20.3 Å². The first kappa shape index (κ1) is 26.9. The Morgan fingerprint density at radius 2 is 1.57 bits per heavy atom. The molecule has 10 nitrogen and oxygen atoms in total. The molecule has 4 N–H and O–H groups in total. The van der Waals surface area contributed by atoms with Crippen LogP contribution in [0.4, 0.5) is 4.79 Å². The van der Waals surface area contributed by atoms with Crippen molar-refractivity contribution < 1.29 is 38.9 Å². The van der Waals surface area contributed by atoms with Gasteiger partial charge < -0.3 is 19.3 Å². The number of aliphatic hydroxyl groups excluding tert-OH is 1. The number of hydrogen-bond acceptors (Lipinski definition) is 8. The summed E-state index contributed by atoms with van der Waals surface area (Å²) in [6.07, 6.45) is -0.989. The number of carbonyl (C=O) groups is 3. The highest BCUT2D eigenvalue weighted by Gasteiger charge is 2.29. The van der Waals surface area contributed by atoms with Gasteiger partial charge >= 0.3 is 6.09 Å². The molecule has 0 heterocycles. The van der Waals surface area contributed by atoms with E-state index in [-0.39, 0.29) is 18.8 Å². The molecule has 192 valence electrons. The molecule has 10 heteroatoms. The molecule has 3 aromatic carbocycles. The maximum atomic E-state index is 12.8. The molecule has 0 aliphatic carbocycles. The van der Waals surface area contributed by atoms with Crippen LogP contribution in [0.25, 0.3) is 0 Å². The van der Waals surface area contributed by atoms with E-state index >= 15 is 0 Å². The molecule has 2 atom stereocenters. The van der Waals surface area contributed by atoms with Crippen molar-refractivity contribution in [2.75, 3.05) is 13.2 Å². The Hall–Kier alpha value is -4.67. The summed E-state index contributed by atoms with van der Waals surface area (Å²) in [6, 6.07) is 23.2. The minimum absolute atomic E-state index is 0.0432. The Balaban J connectivity index is 1.94. The van der Waals surface area contributed by atoms with Gasteiger partial charge in [0.15, 0.2) is 12.2 Å². The topological polar surface area (TPSA) is 143 Å². The minimum atomic E-state index is -1.18. The lowest BCUT2D eigenvalue weighted by Gasteiger charge is -2.26. The normalized spacial score (nSPS) is 12.3. The third kappa shape index (κ3) is 8.49. The Morgan fingerprint density at radius 3 is 2.24 bits per heavy atom. The number of hydroxylamine groups is 1. The molecule has 0 fully saturated rings. The molecule has 3 amide bonds. The van der Waals surface area contributed by atoms with Crippen molar-refractivity contribution in [2.45, 2.75) is 12.2 Å². The molecule has 3 aromatic rings. The second-order valence-corrected chi connectivity index (χ2v) is 7.52. The molecule has 0 unspecified atom stereocenters. The number of hydrogen-bond donors (Lipinski definition) is 4. The predicted octanol–water partition coefficient (Wildman–Crippen LogP) is 3.17. The fourth-order valence-corrected chi connectivity index (χ4v) is 3.25. The first-order chi connectivity index (χ1) is 18.0. The third-order valence-electron chi connectivity index (χ3n) is 4.89. The lowest BCUT2D eigenvalue weighted by Crippen LogP contribution is -2.36. The van der Waals surface area contributed by atoms with E-state index in [2.05, 4.69) is 5.32 Å². The van der Waals surface area contributed by atoms with Crippen molar-refractivity contribution >= 4 is 17.9 Å². The lowest BCUT2D eigenvalue weighted by atomic mass is 10.0. The molecule has 0 bridgehead atoms. The summed E-state index contributed by atoms with van der Waals surface area (Å²) < 4.78 is 17.1. The van der Waals surface area contributed by atoms with Gasteiger partial charge in [-0.2, -0.15) is 0 Å². The zero-order chi connectivity index (χ0) is 26.5. The lowest BCUT2D eigenvalue weighted by molar-refractivity contribution is -0.124. The third-order valence-corrected chi connectivity index (χ3v) is 4.89. The molecule has 0 saturated carbocycles. The molecule has 0 saturated heterocycles. The first-order valence-electron chi connectivity index (χ1n) is 11.2. The van der Waals surface area contributed by atoms with Gasteiger partial charge in [0.05, 0.1) is 6.61 Å². The molecule has 0 aromatic heterocycles. The highest BCUT2D eigenvalue weighted by Crippen LogP contribution is 2.29. The van der Waals surface area contributed by atoms with Crippen molar-refractivity contribution in [2.24, 2.45) is 0 Å². The van der Waals surface area contributed by atoms with E-state index in [0.29, 0.717) is 17.1 Å². The molecule has 0 aliphatic heterocycles. The molecular formula is C27H26N2O8. The number of rotatable bonds is 11. The van der Waals surface area contributed by atoms with Crippen molar-refractivity contribution in [3.8, 4) is 11.5 Å². The van der Waals surface area contributed by atoms with Crippen LogP contribution in [0.15, 0.2) is 97.1 Å². The van der Waals surface area contributed by atoms with Crippen molar-refractivity contribution in [3.05, 3.63) is 108 Å². The SMILES string of the molecule is O=C(/C=C/[C@H](Oc1ccccc1)[C@@H](OC(=O)NC(=O)c1ccccc1)c1cccc(OCCO)c1)NO. The van der Waals surface area contributed by atoms with Gasteiger partial charge in [0, 0.05) is 17.2 Å². The van der Waals surface area contributed by atoms with Gasteiger partial charge in [0.1, 0.15) is 18.1 Å².